The van der Waals surface area contributed by atoms with E-state index in [0.29, 0.717) is 12.0 Å². The lowest BCUT2D eigenvalue weighted by Crippen LogP contribution is -2.16. The van der Waals surface area contributed by atoms with Gasteiger partial charge < -0.3 is 46.2 Å². The first kappa shape index (κ1) is 34.8. The van der Waals surface area contributed by atoms with Crippen LogP contribution in [0.3, 0.4) is 0 Å². The van der Waals surface area contributed by atoms with E-state index >= 15 is 0 Å². The van der Waals surface area contributed by atoms with Gasteiger partial charge in [0.2, 0.25) is 0 Å². The number of furan rings is 1. The van der Waals surface area contributed by atoms with Gasteiger partial charge in [-0.2, -0.15) is 0 Å². The van der Waals surface area contributed by atoms with Crippen LogP contribution >= 0.6 is 0 Å². The SMILES string of the molecule is NCCCCCCN.O=Cc1ccc(CO)o1.OCC1CCC(CO)O1.OCCCCCCO. The van der Waals surface area contributed by atoms with Crippen LogP contribution < -0.4 is 11.5 Å². The van der Waals surface area contributed by atoms with Gasteiger partial charge in [-0.25, -0.2) is 0 Å². The van der Waals surface area contributed by atoms with Crippen LogP contribution in [0, 0.1) is 0 Å². The van der Waals surface area contributed by atoms with Crippen molar-refractivity contribution in [2.45, 2.75) is 83.0 Å². The molecular weight excluding hydrogens is 444 g/mol. The average Bonchev–Trinajstić information content (AvgIpc) is 3.55. The number of unbranched alkanes of at least 4 members (excludes halogenated alkanes) is 6. The quantitative estimate of drug-likeness (QED) is 0.146. The van der Waals surface area contributed by atoms with E-state index in [1.807, 2.05) is 0 Å². The number of carbonyl (C=O) groups excluding carboxylic acids is 1. The van der Waals surface area contributed by atoms with E-state index in [0.717, 1.165) is 64.5 Å². The van der Waals surface area contributed by atoms with E-state index in [9.17, 15) is 4.79 Å². The van der Waals surface area contributed by atoms with Crippen LogP contribution in [0.4, 0.5) is 0 Å². The lowest BCUT2D eigenvalue weighted by molar-refractivity contribution is -0.0119. The average molecular weight is 493 g/mol. The van der Waals surface area contributed by atoms with Crippen molar-refractivity contribution in [3.63, 3.8) is 0 Å². The summed E-state index contributed by atoms with van der Waals surface area (Å²) < 4.78 is 9.92. The number of carbonyl (C=O) groups is 1. The molecule has 2 atom stereocenters. The zero-order valence-corrected chi connectivity index (χ0v) is 20.5. The van der Waals surface area contributed by atoms with Gasteiger partial charge in [0.1, 0.15) is 12.4 Å². The van der Waals surface area contributed by atoms with Crippen molar-refractivity contribution >= 4 is 6.29 Å². The number of hydrogen-bond donors (Lipinski definition) is 7. The van der Waals surface area contributed by atoms with E-state index < -0.39 is 0 Å². The van der Waals surface area contributed by atoms with E-state index in [4.69, 9.17) is 46.2 Å². The molecule has 2 rings (SSSR count). The number of ether oxygens (including phenoxy) is 1. The summed E-state index contributed by atoms with van der Waals surface area (Å²) in [4.78, 5) is 9.96. The molecule has 0 amide bonds. The molecule has 1 aromatic rings. The molecule has 2 unspecified atom stereocenters. The topological polar surface area (TPSA) is 193 Å². The summed E-state index contributed by atoms with van der Waals surface area (Å²) in [6.07, 6.45) is 10.9. The Kier molecular flexibility index (Phi) is 28.5. The van der Waals surface area contributed by atoms with Crippen molar-refractivity contribution in [2.24, 2.45) is 11.5 Å². The molecule has 2 heterocycles. The first-order valence-corrected chi connectivity index (χ1v) is 12.2. The largest absolute Gasteiger partial charge is 0.456 e. The fourth-order valence-electron chi connectivity index (χ4n) is 2.81. The number of aliphatic hydroxyl groups excluding tert-OH is 5. The minimum atomic E-state index is -0.159. The third-order valence-electron chi connectivity index (χ3n) is 4.78. The lowest BCUT2D eigenvalue weighted by atomic mass is 10.2. The Labute approximate surface area is 203 Å². The summed E-state index contributed by atoms with van der Waals surface area (Å²) in [7, 11) is 0. The summed E-state index contributed by atoms with van der Waals surface area (Å²) in [6, 6.07) is 3.07. The van der Waals surface area contributed by atoms with Crippen LogP contribution in [-0.4, -0.2) is 83.5 Å². The molecule has 1 aliphatic rings. The van der Waals surface area contributed by atoms with Crippen molar-refractivity contribution in [1.82, 2.24) is 0 Å². The minimum Gasteiger partial charge on any atom is -0.456 e. The highest BCUT2D eigenvalue weighted by atomic mass is 16.5. The molecule has 1 fully saturated rings. The molecule has 0 saturated carbocycles. The zero-order valence-electron chi connectivity index (χ0n) is 20.5. The first-order valence-electron chi connectivity index (χ1n) is 12.2. The van der Waals surface area contributed by atoms with E-state index in [1.165, 1.54) is 18.9 Å². The molecule has 0 spiro atoms. The lowest BCUT2D eigenvalue weighted by Gasteiger charge is -2.07. The maximum absolute atomic E-state index is 9.96. The van der Waals surface area contributed by atoms with Crippen LogP contribution in [-0.2, 0) is 11.3 Å². The monoisotopic (exact) mass is 492 g/mol. The standard InChI is InChI=1S/C6H16N2.C6H12O3.C6H6O3.C6H14O2/c7-5-3-1-2-4-6-8;2*7-3-5-1-2-6(4-8)9-5;7-5-3-1-2-4-6-8/h1-8H2;5-8H,1-4H2;1-3,8H,4H2;7-8H,1-6H2. The second-order valence-corrected chi connectivity index (χ2v) is 7.76. The zero-order chi connectivity index (χ0) is 25.9. The summed E-state index contributed by atoms with van der Waals surface area (Å²) in [5.74, 6) is 0.663. The van der Waals surface area contributed by atoms with Gasteiger partial charge in [0.15, 0.2) is 12.0 Å². The normalized spacial score (nSPS) is 16.4. The van der Waals surface area contributed by atoms with Crippen LogP contribution in [0.1, 0.15) is 80.5 Å². The third-order valence-corrected chi connectivity index (χ3v) is 4.78. The molecule has 10 nitrogen and oxygen atoms in total. The summed E-state index contributed by atoms with van der Waals surface area (Å²) in [5.41, 5.74) is 10.6. The van der Waals surface area contributed by atoms with Gasteiger partial charge >= 0.3 is 0 Å². The fraction of sp³-hybridized carbons (Fsp3) is 0.792. The predicted octanol–water partition coefficient (Wildman–Crippen LogP) is 1.10. The number of nitrogens with two attached hydrogens (primary N) is 2. The summed E-state index contributed by atoms with van der Waals surface area (Å²) >= 11 is 0. The maximum Gasteiger partial charge on any atom is 0.185 e. The minimum absolute atomic E-state index is 0.0258. The Morgan fingerprint density at radius 3 is 1.50 bits per heavy atom. The van der Waals surface area contributed by atoms with Gasteiger partial charge in [-0.15, -0.1) is 0 Å². The van der Waals surface area contributed by atoms with Gasteiger partial charge in [-0.3, -0.25) is 4.79 Å². The molecule has 1 aromatic heterocycles. The number of aldehydes is 1. The first-order chi connectivity index (χ1) is 16.6. The summed E-state index contributed by atoms with van der Waals surface area (Å²) in [5, 5.41) is 42.2. The number of aliphatic hydroxyl groups is 5. The van der Waals surface area contributed by atoms with Gasteiger partial charge in [-0.05, 0) is 63.7 Å². The predicted molar refractivity (Wildman–Crippen MR) is 131 cm³/mol. The Morgan fingerprint density at radius 2 is 1.24 bits per heavy atom. The maximum atomic E-state index is 9.96. The van der Waals surface area contributed by atoms with Gasteiger partial charge in [0.25, 0.3) is 0 Å². The van der Waals surface area contributed by atoms with E-state index in [2.05, 4.69) is 0 Å². The van der Waals surface area contributed by atoms with Crippen molar-refractivity contribution in [3.8, 4) is 0 Å². The molecule has 1 saturated heterocycles. The summed E-state index contributed by atoms with van der Waals surface area (Å²) in [6.45, 7) is 2.22. The van der Waals surface area contributed by atoms with Crippen molar-refractivity contribution in [2.75, 3.05) is 39.5 Å². The van der Waals surface area contributed by atoms with Crippen LogP contribution in [0.25, 0.3) is 0 Å². The Bertz CT molecular complexity index is 497. The highest BCUT2D eigenvalue weighted by Crippen LogP contribution is 2.18. The van der Waals surface area contributed by atoms with Gasteiger partial charge in [-0.1, -0.05) is 25.7 Å². The van der Waals surface area contributed by atoms with E-state index in [1.54, 1.807) is 6.07 Å². The van der Waals surface area contributed by atoms with Crippen molar-refractivity contribution in [1.29, 1.82) is 0 Å². The molecule has 0 aliphatic carbocycles. The van der Waals surface area contributed by atoms with Crippen LogP contribution in [0.5, 0.6) is 0 Å². The molecule has 1 aliphatic heterocycles. The second-order valence-electron chi connectivity index (χ2n) is 7.76. The Balaban J connectivity index is 0. The molecule has 10 heteroatoms. The van der Waals surface area contributed by atoms with Crippen LogP contribution in [0.15, 0.2) is 16.5 Å². The molecule has 0 aromatic carbocycles. The molecule has 0 radical (unpaired) electrons. The van der Waals surface area contributed by atoms with E-state index in [-0.39, 0.29) is 51.0 Å². The van der Waals surface area contributed by atoms with Gasteiger partial charge in [0.05, 0.1) is 25.4 Å². The fourth-order valence-corrected chi connectivity index (χ4v) is 2.81. The molecule has 34 heavy (non-hydrogen) atoms. The Morgan fingerprint density at radius 1 is 0.765 bits per heavy atom. The smallest absolute Gasteiger partial charge is 0.185 e. The van der Waals surface area contributed by atoms with Crippen molar-refractivity contribution < 1.29 is 39.5 Å². The van der Waals surface area contributed by atoms with Crippen LogP contribution in [0.2, 0.25) is 0 Å². The third kappa shape index (κ3) is 22.4. The molecule has 9 N–H and O–H groups in total. The van der Waals surface area contributed by atoms with Crippen molar-refractivity contribution in [3.05, 3.63) is 23.7 Å². The number of rotatable bonds is 14. The molecule has 0 bridgehead atoms. The van der Waals surface area contributed by atoms with Gasteiger partial charge in [0, 0.05) is 13.2 Å². The number of hydrogen-bond acceptors (Lipinski definition) is 10. The highest BCUT2D eigenvalue weighted by molar-refractivity contribution is 5.70. The molecule has 202 valence electrons. The second kappa shape index (κ2) is 27.9. The highest BCUT2D eigenvalue weighted by Gasteiger charge is 2.23. The Hall–Kier alpha value is -1.37. The molecular formula is C24H48N2O8.